The van der Waals surface area contributed by atoms with E-state index >= 15 is 0 Å². The van der Waals surface area contributed by atoms with Gasteiger partial charge in [0.2, 0.25) is 15.9 Å². The molecule has 8 heteroatoms. The normalized spacial score (nSPS) is 19.0. The van der Waals surface area contributed by atoms with Crippen LogP contribution in [0.4, 0.5) is 0 Å². The average molecular weight is 470 g/mol. The highest BCUT2D eigenvalue weighted by Gasteiger charge is 2.34. The van der Waals surface area contributed by atoms with Crippen molar-refractivity contribution in [1.82, 2.24) is 14.9 Å². The maximum absolute atomic E-state index is 13.1. The molecule has 0 spiro atoms. The number of hydrogen-bond donors (Lipinski definition) is 2. The van der Waals surface area contributed by atoms with Gasteiger partial charge in [0.1, 0.15) is 0 Å². The van der Waals surface area contributed by atoms with E-state index in [1.54, 1.807) is 0 Å². The van der Waals surface area contributed by atoms with Crippen molar-refractivity contribution in [3.63, 3.8) is 0 Å². The first kappa shape index (κ1) is 24.7. The van der Waals surface area contributed by atoms with Crippen LogP contribution < -0.4 is 10.6 Å². The number of hydrogen-bond acceptors (Lipinski definition) is 4. The predicted octanol–water partition coefficient (Wildman–Crippen LogP) is 2.67. The molecule has 176 valence electrons. The zero-order chi connectivity index (χ0) is 24.0. The molecular formula is C25H31N3O4S. The molecule has 1 aliphatic heterocycles. The Kier molecular flexibility index (Phi) is 8.05. The summed E-state index contributed by atoms with van der Waals surface area (Å²) in [4.78, 5) is 24.2. The number of piperidine rings is 1. The summed E-state index contributed by atoms with van der Waals surface area (Å²) >= 11 is 0. The Morgan fingerprint density at radius 2 is 1.91 bits per heavy atom. The second-order valence-electron chi connectivity index (χ2n) is 8.47. The Labute approximate surface area is 195 Å². The van der Waals surface area contributed by atoms with E-state index in [4.69, 9.17) is 0 Å². The van der Waals surface area contributed by atoms with E-state index in [1.807, 2.05) is 32.0 Å². The van der Waals surface area contributed by atoms with Gasteiger partial charge in [-0.15, -0.1) is 0 Å². The topological polar surface area (TPSA) is 95.6 Å². The molecule has 0 aromatic heterocycles. The standard InChI is InChI=1S/C25H31N3O4S/c1-4-24(29)27-23-13-15-28(17-19(23)3)33(31,32)22-10-8-21(9-11-22)25(30)26-14-12-20-7-5-6-18(2)16-20/h4-11,16,19,23H,1,12-15,17H2,2-3H3,(H,26,30)(H,27,29). The van der Waals surface area contributed by atoms with Gasteiger partial charge in [-0.3, -0.25) is 9.59 Å². The van der Waals surface area contributed by atoms with Crippen molar-refractivity contribution in [3.8, 4) is 0 Å². The molecule has 2 aromatic rings. The maximum Gasteiger partial charge on any atom is 0.251 e. The Hall–Kier alpha value is -2.97. The molecule has 33 heavy (non-hydrogen) atoms. The lowest BCUT2D eigenvalue weighted by Crippen LogP contribution is -2.51. The molecule has 1 heterocycles. The molecule has 1 fully saturated rings. The number of aryl methyl sites for hydroxylation is 1. The highest BCUT2D eigenvalue weighted by molar-refractivity contribution is 7.89. The van der Waals surface area contributed by atoms with Gasteiger partial charge in [0.25, 0.3) is 5.91 Å². The number of sulfonamides is 1. The number of carbonyl (C=O) groups is 2. The van der Waals surface area contributed by atoms with E-state index in [1.165, 1.54) is 40.2 Å². The lowest BCUT2D eigenvalue weighted by Gasteiger charge is -2.36. The van der Waals surface area contributed by atoms with Gasteiger partial charge >= 0.3 is 0 Å². The first-order valence-corrected chi connectivity index (χ1v) is 12.5. The quantitative estimate of drug-likeness (QED) is 0.581. The summed E-state index contributed by atoms with van der Waals surface area (Å²) in [5.41, 5.74) is 2.74. The minimum atomic E-state index is -3.68. The van der Waals surface area contributed by atoms with Crippen LogP contribution in [0.1, 0.15) is 34.8 Å². The van der Waals surface area contributed by atoms with Gasteiger partial charge in [-0.2, -0.15) is 4.31 Å². The smallest absolute Gasteiger partial charge is 0.251 e. The van der Waals surface area contributed by atoms with Crippen molar-refractivity contribution < 1.29 is 18.0 Å². The van der Waals surface area contributed by atoms with Crippen LogP contribution in [-0.4, -0.2) is 50.2 Å². The molecule has 2 unspecified atom stereocenters. The molecular weight excluding hydrogens is 438 g/mol. The third-order valence-corrected chi connectivity index (χ3v) is 7.80. The lowest BCUT2D eigenvalue weighted by atomic mass is 9.95. The van der Waals surface area contributed by atoms with Crippen molar-refractivity contribution >= 4 is 21.8 Å². The van der Waals surface area contributed by atoms with E-state index in [2.05, 4.69) is 23.3 Å². The van der Waals surface area contributed by atoms with Gasteiger partial charge in [-0.1, -0.05) is 43.3 Å². The minimum absolute atomic E-state index is 0.0316. The van der Waals surface area contributed by atoms with Crippen LogP contribution in [-0.2, 0) is 21.2 Å². The second kappa shape index (κ2) is 10.8. The fourth-order valence-corrected chi connectivity index (χ4v) is 5.55. The number of amides is 2. The first-order valence-electron chi connectivity index (χ1n) is 11.1. The van der Waals surface area contributed by atoms with Crippen LogP contribution in [0.2, 0.25) is 0 Å². The van der Waals surface area contributed by atoms with E-state index in [0.29, 0.717) is 31.6 Å². The number of nitrogens with one attached hydrogen (secondary N) is 2. The number of nitrogens with zero attached hydrogens (tertiary/aromatic N) is 1. The average Bonchev–Trinajstić information content (AvgIpc) is 2.80. The Morgan fingerprint density at radius 1 is 1.18 bits per heavy atom. The maximum atomic E-state index is 13.1. The van der Waals surface area contributed by atoms with Crippen molar-refractivity contribution in [2.24, 2.45) is 5.92 Å². The van der Waals surface area contributed by atoms with Crippen molar-refractivity contribution in [2.45, 2.75) is 37.6 Å². The third-order valence-electron chi connectivity index (χ3n) is 5.92. The van der Waals surface area contributed by atoms with Gasteiger partial charge in [-0.05, 0) is 61.6 Å². The molecule has 0 radical (unpaired) electrons. The van der Waals surface area contributed by atoms with Gasteiger partial charge in [0.05, 0.1) is 4.90 Å². The van der Waals surface area contributed by atoms with Gasteiger partial charge in [0.15, 0.2) is 0 Å². The highest BCUT2D eigenvalue weighted by Crippen LogP contribution is 2.24. The summed E-state index contributed by atoms with van der Waals surface area (Å²) < 4.78 is 27.6. The predicted molar refractivity (Wildman–Crippen MR) is 128 cm³/mol. The fourth-order valence-electron chi connectivity index (χ4n) is 4.00. The van der Waals surface area contributed by atoms with Crippen LogP contribution in [0.5, 0.6) is 0 Å². The number of carbonyl (C=O) groups excluding carboxylic acids is 2. The first-order chi connectivity index (χ1) is 15.7. The monoisotopic (exact) mass is 469 g/mol. The van der Waals surface area contributed by atoms with E-state index < -0.39 is 10.0 Å². The summed E-state index contributed by atoms with van der Waals surface area (Å²) in [5.74, 6) is -0.522. The Morgan fingerprint density at radius 3 is 2.55 bits per heavy atom. The summed E-state index contributed by atoms with van der Waals surface area (Å²) in [6.45, 7) is 8.52. The molecule has 7 nitrogen and oxygen atoms in total. The minimum Gasteiger partial charge on any atom is -0.352 e. The molecule has 1 saturated heterocycles. The molecule has 1 aliphatic rings. The Bertz CT molecular complexity index is 1110. The second-order valence-corrected chi connectivity index (χ2v) is 10.4. The molecule has 0 saturated carbocycles. The number of rotatable bonds is 8. The van der Waals surface area contributed by atoms with E-state index in [-0.39, 0.29) is 28.7 Å². The molecule has 2 atom stereocenters. The van der Waals surface area contributed by atoms with Crippen LogP contribution >= 0.6 is 0 Å². The highest BCUT2D eigenvalue weighted by atomic mass is 32.2. The van der Waals surface area contributed by atoms with Crippen LogP contribution in [0, 0.1) is 12.8 Å². The summed E-state index contributed by atoms with van der Waals surface area (Å²) in [6, 6.07) is 14.1. The largest absolute Gasteiger partial charge is 0.352 e. The fraction of sp³-hybridized carbons (Fsp3) is 0.360. The summed E-state index contributed by atoms with van der Waals surface area (Å²) in [5, 5.41) is 5.74. The molecule has 0 bridgehead atoms. The van der Waals surface area contributed by atoms with Gasteiger partial charge < -0.3 is 10.6 Å². The molecule has 2 N–H and O–H groups in total. The van der Waals surface area contributed by atoms with E-state index in [0.717, 1.165) is 12.0 Å². The van der Waals surface area contributed by atoms with Crippen LogP contribution in [0.3, 0.4) is 0 Å². The molecule has 2 aromatic carbocycles. The van der Waals surface area contributed by atoms with Gasteiger partial charge in [0, 0.05) is 31.2 Å². The molecule has 0 aliphatic carbocycles. The van der Waals surface area contributed by atoms with Gasteiger partial charge in [-0.25, -0.2) is 8.42 Å². The number of benzene rings is 2. The van der Waals surface area contributed by atoms with Crippen molar-refractivity contribution in [1.29, 1.82) is 0 Å². The van der Waals surface area contributed by atoms with Crippen molar-refractivity contribution in [3.05, 3.63) is 77.9 Å². The van der Waals surface area contributed by atoms with Crippen molar-refractivity contribution in [2.75, 3.05) is 19.6 Å². The SMILES string of the molecule is C=CC(=O)NC1CCN(S(=O)(=O)c2ccc(C(=O)NCCc3cccc(C)c3)cc2)CC1C. The summed E-state index contributed by atoms with van der Waals surface area (Å²) in [6.07, 6.45) is 2.47. The van der Waals surface area contributed by atoms with E-state index in [9.17, 15) is 18.0 Å². The van der Waals surface area contributed by atoms with Crippen LogP contribution in [0.15, 0.2) is 66.1 Å². The Balaban J connectivity index is 1.57. The third kappa shape index (κ3) is 6.30. The molecule has 3 rings (SSSR count). The molecule has 2 amide bonds. The van der Waals surface area contributed by atoms with Crippen LogP contribution in [0.25, 0.3) is 0 Å². The zero-order valence-corrected chi connectivity index (χ0v) is 19.9. The zero-order valence-electron chi connectivity index (χ0n) is 19.1. The lowest BCUT2D eigenvalue weighted by molar-refractivity contribution is -0.117. The summed E-state index contributed by atoms with van der Waals surface area (Å²) in [7, 11) is -3.68.